The average molecular weight is 327 g/mol. The molecule has 23 heavy (non-hydrogen) atoms. The van der Waals surface area contributed by atoms with E-state index in [2.05, 4.69) is 9.80 Å². The van der Waals surface area contributed by atoms with Crippen molar-refractivity contribution in [3.05, 3.63) is 0 Å². The Balaban J connectivity index is 1.26. The van der Waals surface area contributed by atoms with Crippen LogP contribution in [0.5, 0.6) is 0 Å². The van der Waals surface area contributed by atoms with Crippen molar-refractivity contribution >= 4 is 0 Å². The molecule has 0 unspecified atom stereocenters. The SMILES string of the molecule is C(CCOCCN1CCCCC1)CCOCCN1CCCCC1. The Labute approximate surface area is 143 Å². The van der Waals surface area contributed by atoms with Gasteiger partial charge >= 0.3 is 0 Å². The van der Waals surface area contributed by atoms with Crippen LogP contribution in [0.4, 0.5) is 0 Å². The van der Waals surface area contributed by atoms with Crippen LogP contribution >= 0.6 is 0 Å². The van der Waals surface area contributed by atoms with Crippen LogP contribution in [0.25, 0.3) is 0 Å². The van der Waals surface area contributed by atoms with E-state index in [0.29, 0.717) is 0 Å². The second-order valence-corrected chi connectivity index (χ2v) is 7.09. The summed E-state index contributed by atoms with van der Waals surface area (Å²) in [5.41, 5.74) is 0. The highest BCUT2D eigenvalue weighted by Crippen LogP contribution is 2.08. The number of likely N-dealkylation sites (tertiary alicyclic amines) is 2. The van der Waals surface area contributed by atoms with Crippen molar-refractivity contribution in [2.24, 2.45) is 0 Å². The van der Waals surface area contributed by atoms with E-state index < -0.39 is 0 Å². The molecule has 4 heteroatoms. The first kappa shape index (κ1) is 19.2. The van der Waals surface area contributed by atoms with Crippen LogP contribution in [0.2, 0.25) is 0 Å². The molecule has 2 heterocycles. The maximum Gasteiger partial charge on any atom is 0.0593 e. The van der Waals surface area contributed by atoms with E-state index in [0.717, 1.165) is 39.5 Å². The number of unbranched alkanes of at least 4 members (excludes halogenated alkanes) is 2. The molecule has 4 nitrogen and oxygen atoms in total. The Kier molecular flexibility index (Phi) is 11.0. The monoisotopic (exact) mass is 326 g/mol. The number of hydrogen-bond donors (Lipinski definition) is 0. The average Bonchev–Trinajstić information content (AvgIpc) is 2.61. The van der Waals surface area contributed by atoms with Crippen molar-refractivity contribution in [1.29, 1.82) is 0 Å². The zero-order valence-electron chi connectivity index (χ0n) is 15.1. The molecule has 0 atom stereocenters. The molecule has 0 spiro atoms. The largest absolute Gasteiger partial charge is 0.380 e. The molecule has 0 amide bonds. The topological polar surface area (TPSA) is 24.9 Å². The number of nitrogens with zero attached hydrogens (tertiary/aromatic N) is 2. The van der Waals surface area contributed by atoms with E-state index in [-0.39, 0.29) is 0 Å². The summed E-state index contributed by atoms with van der Waals surface area (Å²) >= 11 is 0. The third kappa shape index (κ3) is 9.65. The second-order valence-electron chi connectivity index (χ2n) is 7.09. The van der Waals surface area contributed by atoms with Gasteiger partial charge in [-0.2, -0.15) is 0 Å². The third-order valence-corrected chi connectivity index (χ3v) is 5.08. The predicted molar refractivity (Wildman–Crippen MR) is 96.1 cm³/mol. The van der Waals surface area contributed by atoms with Gasteiger partial charge in [0.25, 0.3) is 0 Å². The molecule has 0 bridgehead atoms. The van der Waals surface area contributed by atoms with Gasteiger partial charge in [-0.3, -0.25) is 0 Å². The Morgan fingerprint density at radius 3 is 1.35 bits per heavy atom. The van der Waals surface area contributed by atoms with Crippen LogP contribution in [-0.4, -0.2) is 75.5 Å². The number of ether oxygens (including phenoxy) is 2. The lowest BCUT2D eigenvalue weighted by Gasteiger charge is -2.26. The molecule has 0 aromatic heterocycles. The Bertz CT molecular complexity index is 238. The highest BCUT2D eigenvalue weighted by Gasteiger charge is 2.09. The lowest BCUT2D eigenvalue weighted by molar-refractivity contribution is 0.0833. The van der Waals surface area contributed by atoms with Crippen molar-refractivity contribution < 1.29 is 9.47 Å². The van der Waals surface area contributed by atoms with Crippen LogP contribution in [0.15, 0.2) is 0 Å². The van der Waals surface area contributed by atoms with Gasteiger partial charge in [0.05, 0.1) is 13.2 Å². The zero-order valence-corrected chi connectivity index (χ0v) is 15.1. The molecule has 0 radical (unpaired) electrons. The van der Waals surface area contributed by atoms with E-state index in [1.807, 2.05) is 0 Å². The number of rotatable bonds is 12. The Morgan fingerprint density at radius 1 is 0.478 bits per heavy atom. The summed E-state index contributed by atoms with van der Waals surface area (Å²) < 4.78 is 11.5. The molecule has 0 aliphatic carbocycles. The van der Waals surface area contributed by atoms with Gasteiger partial charge in [0, 0.05) is 26.3 Å². The fourth-order valence-electron chi connectivity index (χ4n) is 3.54. The number of hydrogen-bond acceptors (Lipinski definition) is 4. The molecular weight excluding hydrogens is 288 g/mol. The van der Waals surface area contributed by atoms with Crippen LogP contribution < -0.4 is 0 Å². The summed E-state index contributed by atoms with van der Waals surface area (Å²) in [6.45, 7) is 11.0. The van der Waals surface area contributed by atoms with Crippen molar-refractivity contribution in [2.75, 3.05) is 65.7 Å². The summed E-state index contributed by atoms with van der Waals surface area (Å²) in [6, 6.07) is 0. The second kappa shape index (κ2) is 13.2. The van der Waals surface area contributed by atoms with Crippen LogP contribution in [-0.2, 0) is 9.47 Å². The van der Waals surface area contributed by atoms with Gasteiger partial charge in [0.15, 0.2) is 0 Å². The van der Waals surface area contributed by atoms with Crippen LogP contribution in [0, 0.1) is 0 Å². The highest BCUT2D eigenvalue weighted by molar-refractivity contribution is 4.64. The molecule has 0 aromatic carbocycles. The van der Waals surface area contributed by atoms with E-state index in [1.54, 1.807) is 0 Å². The molecule has 0 saturated carbocycles. The minimum absolute atomic E-state index is 0.909. The van der Waals surface area contributed by atoms with Crippen molar-refractivity contribution in [3.8, 4) is 0 Å². The first-order valence-electron chi connectivity index (χ1n) is 10.1. The Morgan fingerprint density at radius 2 is 0.913 bits per heavy atom. The lowest BCUT2D eigenvalue weighted by atomic mass is 10.1. The molecule has 0 N–H and O–H groups in total. The van der Waals surface area contributed by atoms with E-state index >= 15 is 0 Å². The molecular formula is C19H38N2O2. The molecule has 2 saturated heterocycles. The minimum atomic E-state index is 0.909. The van der Waals surface area contributed by atoms with Crippen molar-refractivity contribution in [3.63, 3.8) is 0 Å². The predicted octanol–water partition coefficient (Wildman–Crippen LogP) is 3.16. The standard InChI is InChI=1S/C19H38N2O2/c1-4-10-20(11-5-1)14-18-22-16-8-3-9-17-23-19-15-21-12-6-2-7-13-21/h1-19H2. The molecule has 136 valence electrons. The Hall–Kier alpha value is -0.160. The highest BCUT2D eigenvalue weighted by atomic mass is 16.5. The van der Waals surface area contributed by atoms with Gasteiger partial charge < -0.3 is 19.3 Å². The first-order chi connectivity index (χ1) is 11.4. The van der Waals surface area contributed by atoms with E-state index in [1.165, 1.54) is 84.0 Å². The maximum absolute atomic E-state index is 5.75. The van der Waals surface area contributed by atoms with Crippen molar-refractivity contribution in [2.45, 2.75) is 57.8 Å². The van der Waals surface area contributed by atoms with Gasteiger partial charge in [0.2, 0.25) is 0 Å². The summed E-state index contributed by atoms with van der Waals surface area (Å²) in [6.07, 6.45) is 11.9. The molecule has 2 aliphatic rings. The smallest absolute Gasteiger partial charge is 0.0593 e. The van der Waals surface area contributed by atoms with Crippen LogP contribution in [0.3, 0.4) is 0 Å². The summed E-state index contributed by atoms with van der Waals surface area (Å²) in [5.74, 6) is 0. The number of piperidine rings is 2. The minimum Gasteiger partial charge on any atom is -0.380 e. The van der Waals surface area contributed by atoms with Gasteiger partial charge in [-0.1, -0.05) is 12.8 Å². The molecule has 2 aliphatic heterocycles. The summed E-state index contributed by atoms with van der Waals surface area (Å²) in [7, 11) is 0. The fourth-order valence-corrected chi connectivity index (χ4v) is 3.54. The summed E-state index contributed by atoms with van der Waals surface area (Å²) in [5, 5.41) is 0. The quantitative estimate of drug-likeness (QED) is 0.514. The van der Waals surface area contributed by atoms with E-state index in [9.17, 15) is 0 Å². The van der Waals surface area contributed by atoms with E-state index in [4.69, 9.17) is 9.47 Å². The van der Waals surface area contributed by atoms with Gasteiger partial charge in [-0.15, -0.1) is 0 Å². The van der Waals surface area contributed by atoms with Crippen molar-refractivity contribution in [1.82, 2.24) is 9.80 Å². The first-order valence-corrected chi connectivity index (χ1v) is 10.1. The fraction of sp³-hybridized carbons (Fsp3) is 1.00. The summed E-state index contributed by atoms with van der Waals surface area (Å²) in [4.78, 5) is 5.08. The zero-order chi connectivity index (χ0) is 16.0. The molecule has 2 fully saturated rings. The lowest BCUT2D eigenvalue weighted by Crippen LogP contribution is -2.32. The van der Waals surface area contributed by atoms with Gasteiger partial charge in [-0.05, 0) is 71.1 Å². The normalized spacial score (nSPS) is 20.9. The molecule has 2 rings (SSSR count). The van der Waals surface area contributed by atoms with Gasteiger partial charge in [-0.25, -0.2) is 0 Å². The van der Waals surface area contributed by atoms with Gasteiger partial charge in [0.1, 0.15) is 0 Å². The van der Waals surface area contributed by atoms with Crippen LogP contribution in [0.1, 0.15) is 57.8 Å². The third-order valence-electron chi connectivity index (χ3n) is 5.08. The maximum atomic E-state index is 5.75. The molecule has 0 aromatic rings.